The number of hydrogen-bond donors (Lipinski definition) is 2. The Balaban J connectivity index is 2.02. The molecule has 3 N–H and O–H groups in total. The van der Waals surface area contributed by atoms with E-state index in [0.29, 0.717) is 17.2 Å². The zero-order valence-electron chi connectivity index (χ0n) is 12.6. The highest BCUT2D eigenvalue weighted by molar-refractivity contribution is 7.14. The minimum absolute atomic E-state index is 0.0429. The van der Waals surface area contributed by atoms with Crippen LogP contribution in [0, 0.1) is 0 Å². The molecule has 2 rings (SSSR count). The molecule has 5 nitrogen and oxygen atoms in total. The number of anilines is 1. The van der Waals surface area contributed by atoms with E-state index in [1.807, 2.05) is 37.3 Å². The number of nitrogens with two attached hydrogens (primary N) is 1. The summed E-state index contributed by atoms with van der Waals surface area (Å²) in [5.41, 5.74) is 7.42. The molecule has 0 spiro atoms. The van der Waals surface area contributed by atoms with Crippen molar-refractivity contribution in [1.29, 1.82) is 0 Å². The van der Waals surface area contributed by atoms with Gasteiger partial charge in [0, 0.05) is 17.7 Å². The lowest BCUT2D eigenvalue weighted by Gasteiger charge is -2.19. The molecule has 2 unspecified atom stereocenters. The van der Waals surface area contributed by atoms with Crippen LogP contribution in [0.4, 0.5) is 5.13 Å². The third-order valence-electron chi connectivity index (χ3n) is 3.51. The number of nitrogens with zero attached hydrogens (tertiary/aromatic N) is 1. The molecule has 22 heavy (non-hydrogen) atoms. The second-order valence-corrected chi connectivity index (χ2v) is 5.89. The Hall–Kier alpha value is -2.05. The second-order valence-electron chi connectivity index (χ2n) is 5.03. The first-order valence-corrected chi connectivity index (χ1v) is 8.01. The summed E-state index contributed by atoms with van der Waals surface area (Å²) in [5, 5.41) is 4.73. The number of ketones is 1. The van der Waals surface area contributed by atoms with Gasteiger partial charge in [0.2, 0.25) is 5.91 Å². The van der Waals surface area contributed by atoms with E-state index in [1.165, 1.54) is 11.3 Å². The van der Waals surface area contributed by atoms with Crippen molar-refractivity contribution in [3.05, 3.63) is 47.0 Å². The van der Waals surface area contributed by atoms with Gasteiger partial charge in [0.15, 0.2) is 10.9 Å². The Morgan fingerprint density at radius 3 is 2.64 bits per heavy atom. The molecule has 1 heterocycles. The summed E-state index contributed by atoms with van der Waals surface area (Å²) in [4.78, 5) is 27.9. The maximum absolute atomic E-state index is 12.2. The van der Waals surface area contributed by atoms with Crippen molar-refractivity contribution >= 4 is 28.2 Å². The summed E-state index contributed by atoms with van der Waals surface area (Å²) in [5.74, 6) is -0.460. The molecule has 116 valence electrons. The first kappa shape index (κ1) is 16.3. The normalized spacial score (nSPS) is 13.4. The van der Waals surface area contributed by atoms with Gasteiger partial charge in [0.1, 0.15) is 5.69 Å². The van der Waals surface area contributed by atoms with Crippen LogP contribution in [0.15, 0.2) is 35.7 Å². The van der Waals surface area contributed by atoms with Crippen molar-refractivity contribution in [2.45, 2.75) is 32.2 Å². The Kier molecular flexibility index (Phi) is 5.41. The molecule has 0 saturated heterocycles. The van der Waals surface area contributed by atoms with Crippen LogP contribution in [-0.2, 0) is 4.79 Å². The van der Waals surface area contributed by atoms with Crippen LogP contribution in [0.3, 0.4) is 0 Å². The van der Waals surface area contributed by atoms with Crippen molar-refractivity contribution in [2.24, 2.45) is 5.73 Å². The first-order valence-electron chi connectivity index (χ1n) is 7.13. The summed E-state index contributed by atoms with van der Waals surface area (Å²) in [6.45, 7) is 3.69. The maximum atomic E-state index is 12.2. The van der Waals surface area contributed by atoms with Crippen LogP contribution in [0.1, 0.15) is 42.2 Å². The number of carbonyl (C=O) groups is 2. The largest absolute Gasteiger partial charge is 0.319 e. The number of rotatable bonds is 6. The Morgan fingerprint density at radius 2 is 2.00 bits per heavy atom. The quantitative estimate of drug-likeness (QED) is 0.802. The summed E-state index contributed by atoms with van der Waals surface area (Å²) >= 11 is 1.23. The molecule has 0 aliphatic heterocycles. The van der Waals surface area contributed by atoms with Gasteiger partial charge in [-0.2, -0.15) is 0 Å². The van der Waals surface area contributed by atoms with Crippen LogP contribution < -0.4 is 11.1 Å². The smallest absolute Gasteiger partial charge is 0.243 e. The molecule has 0 saturated carbocycles. The van der Waals surface area contributed by atoms with Crippen LogP contribution in [0.2, 0.25) is 0 Å². The van der Waals surface area contributed by atoms with Crippen LogP contribution >= 0.6 is 11.3 Å². The second kappa shape index (κ2) is 7.29. The zero-order chi connectivity index (χ0) is 16.1. The van der Waals surface area contributed by atoms with Gasteiger partial charge < -0.3 is 11.1 Å². The van der Waals surface area contributed by atoms with E-state index in [4.69, 9.17) is 5.73 Å². The lowest BCUT2D eigenvalue weighted by atomic mass is 9.93. The van der Waals surface area contributed by atoms with E-state index in [1.54, 1.807) is 12.3 Å². The maximum Gasteiger partial charge on any atom is 0.243 e. The Bertz CT molecular complexity index is 654. The van der Waals surface area contributed by atoms with Crippen LogP contribution in [0.5, 0.6) is 0 Å². The number of hydrogen-bond acceptors (Lipinski definition) is 5. The molecule has 1 amide bonds. The fraction of sp³-hybridized carbons (Fsp3) is 0.312. The molecule has 2 atom stereocenters. The molecule has 0 aliphatic rings. The molecule has 1 aromatic carbocycles. The summed E-state index contributed by atoms with van der Waals surface area (Å²) in [6, 6.07) is 8.96. The standard InChI is InChI=1S/C16H19N3O2S/c1-3-13(20)12-9-22-16(18-12)19-15(21)14(17)10(2)11-7-5-4-6-8-11/h4-10,14H,3,17H2,1-2H3,(H,18,19,21). The molecule has 6 heteroatoms. The number of aromatic nitrogens is 1. The molecular formula is C16H19N3O2S. The summed E-state index contributed by atoms with van der Waals surface area (Å²) < 4.78 is 0. The molecule has 2 aromatic rings. The highest BCUT2D eigenvalue weighted by atomic mass is 32.1. The number of thiazole rings is 1. The number of Topliss-reactive ketones (excluding diaryl/α,β-unsaturated/α-hetero) is 1. The predicted octanol–water partition coefficient (Wildman–Crippen LogP) is 2.81. The average Bonchev–Trinajstić information content (AvgIpc) is 3.01. The minimum atomic E-state index is -0.684. The monoisotopic (exact) mass is 317 g/mol. The van der Waals surface area contributed by atoms with E-state index in [-0.39, 0.29) is 17.6 Å². The van der Waals surface area contributed by atoms with Gasteiger partial charge in [0.25, 0.3) is 0 Å². The van der Waals surface area contributed by atoms with E-state index < -0.39 is 6.04 Å². The minimum Gasteiger partial charge on any atom is -0.319 e. The van der Waals surface area contributed by atoms with Gasteiger partial charge in [-0.3, -0.25) is 9.59 Å². The Morgan fingerprint density at radius 1 is 1.32 bits per heavy atom. The predicted molar refractivity (Wildman–Crippen MR) is 88.2 cm³/mol. The average molecular weight is 317 g/mol. The lowest BCUT2D eigenvalue weighted by molar-refractivity contribution is -0.117. The van der Waals surface area contributed by atoms with E-state index in [9.17, 15) is 9.59 Å². The van der Waals surface area contributed by atoms with Gasteiger partial charge >= 0.3 is 0 Å². The SMILES string of the molecule is CCC(=O)c1csc(NC(=O)C(N)C(C)c2ccccc2)n1. The van der Waals surface area contributed by atoms with Gasteiger partial charge in [-0.1, -0.05) is 44.2 Å². The van der Waals surface area contributed by atoms with Crippen molar-refractivity contribution in [1.82, 2.24) is 4.98 Å². The van der Waals surface area contributed by atoms with Gasteiger partial charge in [0.05, 0.1) is 6.04 Å². The van der Waals surface area contributed by atoms with Crippen molar-refractivity contribution in [2.75, 3.05) is 5.32 Å². The fourth-order valence-corrected chi connectivity index (χ4v) is 2.74. The summed E-state index contributed by atoms with van der Waals surface area (Å²) in [6.07, 6.45) is 0.391. The fourth-order valence-electron chi connectivity index (χ4n) is 2.02. The van der Waals surface area contributed by atoms with E-state index >= 15 is 0 Å². The number of nitrogens with one attached hydrogen (secondary N) is 1. The molecule has 0 radical (unpaired) electrons. The summed E-state index contributed by atoms with van der Waals surface area (Å²) in [7, 11) is 0. The lowest BCUT2D eigenvalue weighted by Crippen LogP contribution is -2.39. The van der Waals surface area contributed by atoms with Gasteiger partial charge in [-0.15, -0.1) is 11.3 Å². The highest BCUT2D eigenvalue weighted by Crippen LogP contribution is 2.21. The molecule has 0 aliphatic carbocycles. The number of benzene rings is 1. The zero-order valence-corrected chi connectivity index (χ0v) is 13.4. The van der Waals surface area contributed by atoms with E-state index in [2.05, 4.69) is 10.3 Å². The molecule has 1 aromatic heterocycles. The van der Waals surface area contributed by atoms with Gasteiger partial charge in [-0.05, 0) is 5.56 Å². The van der Waals surface area contributed by atoms with Crippen LogP contribution in [-0.4, -0.2) is 22.7 Å². The van der Waals surface area contributed by atoms with Crippen molar-refractivity contribution in [3.8, 4) is 0 Å². The Labute approximate surface area is 133 Å². The highest BCUT2D eigenvalue weighted by Gasteiger charge is 2.23. The van der Waals surface area contributed by atoms with Crippen molar-refractivity contribution < 1.29 is 9.59 Å². The van der Waals surface area contributed by atoms with Crippen LogP contribution in [0.25, 0.3) is 0 Å². The first-order chi connectivity index (χ1) is 10.5. The number of amides is 1. The molecule has 0 bridgehead atoms. The van der Waals surface area contributed by atoms with Crippen molar-refractivity contribution in [3.63, 3.8) is 0 Å². The van der Waals surface area contributed by atoms with Gasteiger partial charge in [-0.25, -0.2) is 4.98 Å². The molecular weight excluding hydrogens is 298 g/mol. The topological polar surface area (TPSA) is 85.1 Å². The van der Waals surface area contributed by atoms with E-state index in [0.717, 1.165) is 5.56 Å². The third-order valence-corrected chi connectivity index (χ3v) is 4.27. The third kappa shape index (κ3) is 3.78. The number of carbonyl (C=O) groups excluding carboxylic acids is 2. The molecule has 0 fully saturated rings.